The fourth-order valence-electron chi connectivity index (χ4n) is 1.63. The Labute approximate surface area is 114 Å². The summed E-state index contributed by atoms with van der Waals surface area (Å²) in [5, 5.41) is 2.71. The van der Waals surface area contributed by atoms with Crippen LogP contribution in [0, 0.1) is 0 Å². The van der Waals surface area contributed by atoms with Crippen molar-refractivity contribution in [2.45, 2.75) is 39.7 Å². The zero-order chi connectivity index (χ0) is 14.3. The molecule has 0 aliphatic heterocycles. The number of carbonyl (C=O) groups excluding carboxylic acids is 2. The first kappa shape index (κ1) is 15.2. The van der Waals surface area contributed by atoms with Gasteiger partial charge in [0.05, 0.1) is 0 Å². The number of Topliss-reactive ketones (excluding diaryl/α,β-unsaturated/α-hetero) is 1. The van der Waals surface area contributed by atoms with Crippen molar-refractivity contribution in [3.05, 3.63) is 29.8 Å². The molecular formula is C15H21NO3. The van der Waals surface area contributed by atoms with Crippen LogP contribution in [0.3, 0.4) is 0 Å². The molecule has 4 nitrogen and oxygen atoms in total. The van der Waals surface area contributed by atoms with Crippen LogP contribution in [-0.4, -0.2) is 24.3 Å². The molecule has 0 heterocycles. The van der Waals surface area contributed by atoms with Crippen LogP contribution in [0.5, 0.6) is 5.75 Å². The van der Waals surface area contributed by atoms with E-state index in [4.69, 9.17) is 4.74 Å². The normalized spacial score (nSPS) is 11.7. The van der Waals surface area contributed by atoms with Crippen LogP contribution in [0.15, 0.2) is 24.3 Å². The average Bonchev–Trinajstić information content (AvgIpc) is 2.38. The number of ether oxygens (including phenoxy) is 1. The zero-order valence-electron chi connectivity index (χ0n) is 11.7. The first-order chi connectivity index (χ1) is 9.02. The number of rotatable bonds is 7. The maximum atomic E-state index is 11.5. The summed E-state index contributed by atoms with van der Waals surface area (Å²) < 4.78 is 5.53. The van der Waals surface area contributed by atoms with Crippen molar-refractivity contribution >= 4 is 11.7 Å². The van der Waals surface area contributed by atoms with Gasteiger partial charge in [0.1, 0.15) is 11.5 Å². The fourth-order valence-corrected chi connectivity index (χ4v) is 1.63. The Morgan fingerprint density at radius 2 is 1.89 bits per heavy atom. The highest BCUT2D eigenvalue weighted by molar-refractivity contribution is 5.80. The molecule has 0 saturated heterocycles. The van der Waals surface area contributed by atoms with E-state index in [0.717, 1.165) is 12.0 Å². The molecule has 0 aromatic heterocycles. The van der Waals surface area contributed by atoms with E-state index in [9.17, 15) is 9.59 Å². The molecular weight excluding hydrogens is 242 g/mol. The Morgan fingerprint density at radius 3 is 2.42 bits per heavy atom. The number of likely N-dealkylation sites (N-methyl/N-ethyl adjacent to an activating group) is 1. The summed E-state index contributed by atoms with van der Waals surface area (Å²) in [5.74, 6) is 0.721. The second kappa shape index (κ2) is 7.56. The minimum absolute atomic E-state index is 0.122. The van der Waals surface area contributed by atoms with E-state index in [2.05, 4.69) is 5.32 Å². The van der Waals surface area contributed by atoms with Crippen LogP contribution in [0.2, 0.25) is 0 Å². The fraction of sp³-hybridized carbons (Fsp3) is 0.467. The Hall–Kier alpha value is -1.84. The molecule has 0 saturated carbocycles. The Morgan fingerprint density at radius 1 is 1.26 bits per heavy atom. The number of carbonyl (C=O) groups is 2. The summed E-state index contributed by atoms with van der Waals surface area (Å²) >= 11 is 0. The lowest BCUT2D eigenvalue weighted by Crippen LogP contribution is -2.36. The molecule has 1 aromatic rings. The van der Waals surface area contributed by atoms with Crippen molar-refractivity contribution in [3.8, 4) is 5.75 Å². The second-order valence-corrected chi connectivity index (χ2v) is 4.50. The van der Waals surface area contributed by atoms with E-state index in [0.29, 0.717) is 18.7 Å². The van der Waals surface area contributed by atoms with Crippen LogP contribution >= 0.6 is 0 Å². The minimum Gasteiger partial charge on any atom is -0.481 e. The van der Waals surface area contributed by atoms with E-state index >= 15 is 0 Å². The number of ketones is 1. The van der Waals surface area contributed by atoms with Crippen LogP contribution in [-0.2, 0) is 16.0 Å². The quantitative estimate of drug-likeness (QED) is 0.819. The van der Waals surface area contributed by atoms with Crippen molar-refractivity contribution in [1.29, 1.82) is 0 Å². The second-order valence-electron chi connectivity index (χ2n) is 4.50. The number of hydrogen-bond donors (Lipinski definition) is 1. The van der Waals surface area contributed by atoms with Gasteiger partial charge in [0, 0.05) is 13.0 Å². The third kappa shape index (κ3) is 5.55. The van der Waals surface area contributed by atoms with Crippen molar-refractivity contribution in [2.24, 2.45) is 0 Å². The lowest BCUT2D eigenvalue weighted by atomic mass is 10.1. The molecule has 0 fully saturated rings. The average molecular weight is 263 g/mol. The minimum atomic E-state index is -0.511. The lowest BCUT2D eigenvalue weighted by molar-refractivity contribution is -0.127. The highest BCUT2D eigenvalue weighted by atomic mass is 16.5. The molecule has 1 aromatic carbocycles. The molecule has 104 valence electrons. The van der Waals surface area contributed by atoms with Gasteiger partial charge in [-0.3, -0.25) is 4.79 Å². The SMILES string of the molecule is CCNC(=O)C(C)Oc1ccc(CCC(C)=O)cc1. The number of hydrogen-bond acceptors (Lipinski definition) is 3. The van der Waals surface area contributed by atoms with Crippen LogP contribution in [0.4, 0.5) is 0 Å². The van der Waals surface area contributed by atoms with Gasteiger partial charge in [0.15, 0.2) is 6.10 Å². The van der Waals surface area contributed by atoms with Crippen molar-refractivity contribution in [3.63, 3.8) is 0 Å². The smallest absolute Gasteiger partial charge is 0.260 e. The van der Waals surface area contributed by atoms with Gasteiger partial charge in [-0.2, -0.15) is 0 Å². The van der Waals surface area contributed by atoms with E-state index in [1.807, 2.05) is 31.2 Å². The van der Waals surface area contributed by atoms with Gasteiger partial charge >= 0.3 is 0 Å². The first-order valence-corrected chi connectivity index (χ1v) is 6.55. The van der Waals surface area contributed by atoms with Crippen LogP contribution in [0.25, 0.3) is 0 Å². The summed E-state index contributed by atoms with van der Waals surface area (Å²) in [7, 11) is 0. The summed E-state index contributed by atoms with van der Waals surface area (Å²) in [4.78, 5) is 22.4. The van der Waals surface area contributed by atoms with Gasteiger partial charge in [0.2, 0.25) is 0 Å². The summed E-state index contributed by atoms with van der Waals surface area (Å²) in [6, 6.07) is 7.49. The standard InChI is InChI=1S/C15H21NO3/c1-4-16-15(18)12(3)19-14-9-7-13(8-10-14)6-5-11(2)17/h7-10,12H,4-6H2,1-3H3,(H,16,18). The lowest BCUT2D eigenvalue weighted by Gasteiger charge is -2.14. The molecule has 19 heavy (non-hydrogen) atoms. The van der Waals surface area contributed by atoms with Gasteiger partial charge < -0.3 is 14.8 Å². The summed E-state index contributed by atoms with van der Waals surface area (Å²) in [5.41, 5.74) is 1.09. The molecule has 1 rings (SSSR count). The Bertz CT molecular complexity index is 426. The predicted molar refractivity (Wildman–Crippen MR) is 74.2 cm³/mol. The molecule has 1 N–H and O–H groups in total. The molecule has 1 unspecified atom stereocenters. The van der Waals surface area contributed by atoms with E-state index < -0.39 is 6.10 Å². The van der Waals surface area contributed by atoms with Gasteiger partial charge in [0.25, 0.3) is 5.91 Å². The van der Waals surface area contributed by atoms with Crippen molar-refractivity contribution < 1.29 is 14.3 Å². The van der Waals surface area contributed by atoms with Gasteiger partial charge in [-0.15, -0.1) is 0 Å². The molecule has 1 amide bonds. The maximum absolute atomic E-state index is 11.5. The molecule has 0 radical (unpaired) electrons. The molecule has 0 aliphatic carbocycles. The van der Waals surface area contributed by atoms with Crippen molar-refractivity contribution in [2.75, 3.05) is 6.54 Å². The van der Waals surface area contributed by atoms with Crippen molar-refractivity contribution in [1.82, 2.24) is 5.32 Å². The van der Waals surface area contributed by atoms with Gasteiger partial charge in [-0.25, -0.2) is 0 Å². The van der Waals surface area contributed by atoms with E-state index in [1.54, 1.807) is 13.8 Å². The van der Waals surface area contributed by atoms with Crippen LogP contribution in [0.1, 0.15) is 32.8 Å². The largest absolute Gasteiger partial charge is 0.481 e. The zero-order valence-corrected chi connectivity index (χ0v) is 11.7. The third-order valence-electron chi connectivity index (χ3n) is 2.72. The monoisotopic (exact) mass is 263 g/mol. The highest BCUT2D eigenvalue weighted by Crippen LogP contribution is 2.15. The van der Waals surface area contributed by atoms with E-state index in [1.165, 1.54) is 0 Å². The highest BCUT2D eigenvalue weighted by Gasteiger charge is 2.13. The molecule has 0 bridgehead atoms. The van der Waals surface area contributed by atoms with Gasteiger partial charge in [-0.1, -0.05) is 12.1 Å². The predicted octanol–water partition coefficient (Wildman–Crippen LogP) is 2.11. The number of aryl methyl sites for hydroxylation is 1. The molecule has 4 heteroatoms. The molecule has 1 atom stereocenters. The molecule has 0 aliphatic rings. The maximum Gasteiger partial charge on any atom is 0.260 e. The topological polar surface area (TPSA) is 55.4 Å². The summed E-state index contributed by atoms with van der Waals surface area (Å²) in [6.45, 7) is 5.77. The number of benzene rings is 1. The Kier molecular flexibility index (Phi) is 6.06. The summed E-state index contributed by atoms with van der Waals surface area (Å²) in [6.07, 6.45) is 0.778. The first-order valence-electron chi connectivity index (χ1n) is 6.55. The number of nitrogens with one attached hydrogen (secondary N) is 1. The molecule has 0 spiro atoms. The number of amides is 1. The Balaban J connectivity index is 2.52. The van der Waals surface area contributed by atoms with E-state index in [-0.39, 0.29) is 11.7 Å². The third-order valence-corrected chi connectivity index (χ3v) is 2.72. The van der Waals surface area contributed by atoms with Gasteiger partial charge in [-0.05, 0) is 44.9 Å². The van der Waals surface area contributed by atoms with Crippen LogP contribution < -0.4 is 10.1 Å².